The van der Waals surface area contributed by atoms with Gasteiger partial charge in [0.2, 0.25) is 0 Å². The fraction of sp³-hybridized carbons (Fsp3) is 0.444. The fourth-order valence-corrected chi connectivity index (χ4v) is 3.59. The van der Waals surface area contributed by atoms with Gasteiger partial charge in [0, 0.05) is 20.2 Å². The van der Waals surface area contributed by atoms with Gasteiger partial charge in [0.15, 0.2) is 0 Å². The van der Waals surface area contributed by atoms with Gasteiger partial charge >= 0.3 is 0 Å². The van der Waals surface area contributed by atoms with Crippen molar-refractivity contribution in [1.29, 1.82) is 5.41 Å². The molecule has 3 heterocycles. The largest absolute Gasteiger partial charge is 0.510 e. The highest BCUT2D eigenvalue weighted by atomic mass is 16.5. The van der Waals surface area contributed by atoms with Crippen LogP contribution in [-0.2, 0) is 11.8 Å². The summed E-state index contributed by atoms with van der Waals surface area (Å²) in [6, 6.07) is 6.10. The molecular weight excluding hydrogens is 304 g/mol. The second-order valence-corrected chi connectivity index (χ2v) is 6.67. The smallest absolute Gasteiger partial charge is 0.148 e. The molecule has 1 atom stereocenters. The van der Waals surface area contributed by atoms with E-state index in [4.69, 9.17) is 10.1 Å². The second-order valence-electron chi connectivity index (χ2n) is 6.67. The van der Waals surface area contributed by atoms with Crippen LogP contribution in [0.15, 0.2) is 24.0 Å². The van der Waals surface area contributed by atoms with Crippen LogP contribution in [0.25, 0.3) is 16.6 Å². The lowest BCUT2D eigenvalue weighted by atomic mass is 10.2. The van der Waals surface area contributed by atoms with E-state index in [0.29, 0.717) is 30.3 Å². The molecule has 1 fully saturated rings. The molecule has 0 radical (unpaired) electrons. The summed E-state index contributed by atoms with van der Waals surface area (Å²) >= 11 is 0. The van der Waals surface area contributed by atoms with E-state index in [1.54, 1.807) is 0 Å². The monoisotopic (exact) mass is 326 g/mol. The maximum atomic E-state index is 10.5. The number of nitrogens with one attached hydrogen (secondary N) is 1. The van der Waals surface area contributed by atoms with Crippen LogP contribution in [0.1, 0.15) is 24.2 Å². The minimum Gasteiger partial charge on any atom is -0.510 e. The number of nitrogens with zero attached hydrogens (tertiary/aromatic N) is 3. The lowest BCUT2D eigenvalue weighted by Gasteiger charge is -2.22. The average Bonchev–Trinajstić information content (AvgIpc) is 3.21. The Hall–Kier alpha value is -2.34. The number of rotatable bonds is 3. The van der Waals surface area contributed by atoms with Gasteiger partial charge < -0.3 is 19.3 Å². The second kappa shape index (κ2) is 5.63. The zero-order valence-electron chi connectivity index (χ0n) is 14.0. The van der Waals surface area contributed by atoms with Gasteiger partial charge in [-0.2, -0.15) is 0 Å². The third-order valence-corrected chi connectivity index (χ3v) is 4.89. The minimum absolute atomic E-state index is 0.153. The molecule has 0 aliphatic carbocycles. The molecule has 2 aliphatic rings. The van der Waals surface area contributed by atoms with Crippen molar-refractivity contribution in [3.8, 4) is 0 Å². The molecule has 0 spiro atoms. The van der Waals surface area contributed by atoms with E-state index in [0.717, 1.165) is 36.0 Å². The summed E-state index contributed by atoms with van der Waals surface area (Å²) in [6.07, 6.45) is 2.24. The van der Waals surface area contributed by atoms with Crippen LogP contribution in [0.2, 0.25) is 0 Å². The lowest BCUT2D eigenvalue weighted by molar-refractivity contribution is 0.0924. The van der Waals surface area contributed by atoms with Crippen molar-refractivity contribution in [2.45, 2.75) is 25.9 Å². The molecule has 1 aromatic heterocycles. The van der Waals surface area contributed by atoms with Gasteiger partial charge in [0.1, 0.15) is 17.4 Å². The zero-order valence-corrected chi connectivity index (χ0v) is 14.0. The number of amidine groups is 1. The van der Waals surface area contributed by atoms with E-state index in [9.17, 15) is 5.11 Å². The minimum atomic E-state index is 0.153. The summed E-state index contributed by atoms with van der Waals surface area (Å²) < 4.78 is 7.61. The zero-order chi connectivity index (χ0) is 16.8. The standard InChI is InChI=1S/C18H22N4O2/c1-11-5-6-14-13(8-11)20-18(21(14)2)16-15(23)10-22(17(16)19)9-12-4-3-7-24-12/h5-6,8,12,19,23H,3-4,7,9-10H2,1-2H3. The molecule has 0 amide bonds. The first-order valence-electron chi connectivity index (χ1n) is 8.35. The van der Waals surface area contributed by atoms with Gasteiger partial charge in [-0.25, -0.2) is 4.98 Å². The number of aliphatic hydroxyl groups is 1. The van der Waals surface area contributed by atoms with Crippen molar-refractivity contribution < 1.29 is 9.84 Å². The van der Waals surface area contributed by atoms with Crippen LogP contribution in [0, 0.1) is 12.3 Å². The van der Waals surface area contributed by atoms with E-state index in [1.165, 1.54) is 0 Å². The molecule has 24 heavy (non-hydrogen) atoms. The van der Waals surface area contributed by atoms with Gasteiger partial charge in [-0.1, -0.05) is 6.07 Å². The maximum absolute atomic E-state index is 10.5. The molecule has 4 rings (SSSR count). The number of aromatic nitrogens is 2. The predicted molar refractivity (Wildman–Crippen MR) is 93.3 cm³/mol. The number of ether oxygens (including phenoxy) is 1. The van der Waals surface area contributed by atoms with E-state index in [1.807, 2.05) is 41.6 Å². The topological polar surface area (TPSA) is 74.4 Å². The summed E-state index contributed by atoms with van der Waals surface area (Å²) in [5.41, 5.74) is 3.57. The Bertz CT molecular complexity index is 846. The molecule has 1 saturated heterocycles. The maximum Gasteiger partial charge on any atom is 0.148 e. The first-order valence-corrected chi connectivity index (χ1v) is 8.35. The van der Waals surface area contributed by atoms with Crippen LogP contribution in [0.3, 0.4) is 0 Å². The third kappa shape index (κ3) is 2.38. The summed E-state index contributed by atoms with van der Waals surface area (Å²) in [5.74, 6) is 1.19. The third-order valence-electron chi connectivity index (χ3n) is 4.89. The number of benzene rings is 1. The Kier molecular flexibility index (Phi) is 3.57. The van der Waals surface area contributed by atoms with E-state index in [2.05, 4.69) is 4.98 Å². The average molecular weight is 326 g/mol. The number of hydrogen-bond acceptors (Lipinski definition) is 4. The first kappa shape index (κ1) is 15.2. The van der Waals surface area contributed by atoms with Gasteiger partial charge in [0.05, 0.1) is 29.3 Å². The van der Waals surface area contributed by atoms with Crippen molar-refractivity contribution >= 4 is 22.4 Å². The van der Waals surface area contributed by atoms with Crippen LogP contribution < -0.4 is 0 Å². The number of imidazole rings is 1. The van der Waals surface area contributed by atoms with E-state index < -0.39 is 0 Å². The van der Waals surface area contributed by atoms with Crippen molar-refractivity contribution in [2.75, 3.05) is 19.7 Å². The highest BCUT2D eigenvalue weighted by Gasteiger charge is 2.33. The molecule has 2 aliphatic heterocycles. The van der Waals surface area contributed by atoms with Crippen LogP contribution in [-0.4, -0.2) is 51.2 Å². The summed E-state index contributed by atoms with van der Waals surface area (Å²) in [4.78, 5) is 6.55. The van der Waals surface area contributed by atoms with Gasteiger partial charge in [-0.05, 0) is 37.5 Å². The van der Waals surface area contributed by atoms with Crippen molar-refractivity contribution in [3.05, 3.63) is 35.3 Å². The van der Waals surface area contributed by atoms with Crippen LogP contribution >= 0.6 is 0 Å². The summed E-state index contributed by atoms with van der Waals surface area (Å²) in [5, 5.41) is 19.0. The molecule has 0 bridgehead atoms. The van der Waals surface area contributed by atoms with Crippen molar-refractivity contribution in [2.24, 2.45) is 7.05 Å². The molecule has 2 N–H and O–H groups in total. The molecule has 1 aromatic carbocycles. The van der Waals surface area contributed by atoms with E-state index in [-0.39, 0.29) is 11.9 Å². The number of fused-ring (bicyclic) bond motifs is 1. The van der Waals surface area contributed by atoms with Crippen LogP contribution in [0.4, 0.5) is 0 Å². The Balaban J connectivity index is 1.67. The van der Waals surface area contributed by atoms with Crippen molar-refractivity contribution in [1.82, 2.24) is 14.5 Å². The van der Waals surface area contributed by atoms with Gasteiger partial charge in [0.25, 0.3) is 0 Å². The summed E-state index contributed by atoms with van der Waals surface area (Å²) in [6.45, 7) is 3.83. The lowest BCUT2D eigenvalue weighted by Crippen LogP contribution is -2.34. The van der Waals surface area contributed by atoms with Gasteiger partial charge in [-0.3, -0.25) is 5.41 Å². The quantitative estimate of drug-likeness (QED) is 0.909. The first-order chi connectivity index (χ1) is 11.5. The highest BCUT2D eigenvalue weighted by molar-refractivity contribution is 6.23. The highest BCUT2D eigenvalue weighted by Crippen LogP contribution is 2.30. The van der Waals surface area contributed by atoms with E-state index >= 15 is 0 Å². The predicted octanol–water partition coefficient (Wildman–Crippen LogP) is 2.62. The van der Waals surface area contributed by atoms with Gasteiger partial charge in [-0.15, -0.1) is 0 Å². The molecule has 126 valence electrons. The van der Waals surface area contributed by atoms with Crippen molar-refractivity contribution in [3.63, 3.8) is 0 Å². The number of aryl methyl sites for hydroxylation is 2. The molecule has 0 saturated carbocycles. The molecule has 6 heteroatoms. The Morgan fingerprint density at radius 1 is 1.42 bits per heavy atom. The number of aliphatic hydroxyl groups excluding tert-OH is 1. The fourth-order valence-electron chi connectivity index (χ4n) is 3.59. The SMILES string of the molecule is Cc1ccc2c(c1)nc(C1=C(O)CN(CC3CCCO3)C1=N)n2C. The van der Waals surface area contributed by atoms with Crippen LogP contribution in [0.5, 0.6) is 0 Å². The Labute approximate surface area is 140 Å². The summed E-state index contributed by atoms with van der Waals surface area (Å²) in [7, 11) is 1.93. The Morgan fingerprint density at radius 2 is 2.25 bits per heavy atom. The normalized spacial score (nSPS) is 21.5. The molecular formula is C18H22N4O2. The molecule has 2 aromatic rings. The molecule has 6 nitrogen and oxygen atoms in total. The number of hydrogen-bond donors (Lipinski definition) is 2. The molecule has 1 unspecified atom stereocenters. The Morgan fingerprint density at radius 3 is 3.00 bits per heavy atom.